The van der Waals surface area contributed by atoms with Gasteiger partial charge in [-0.1, -0.05) is 18.2 Å². The summed E-state index contributed by atoms with van der Waals surface area (Å²) in [6, 6.07) is 14.4. The van der Waals surface area contributed by atoms with Gasteiger partial charge in [0.25, 0.3) is 0 Å². The highest BCUT2D eigenvalue weighted by Crippen LogP contribution is 2.33. The summed E-state index contributed by atoms with van der Waals surface area (Å²) < 4.78 is 7.50. The summed E-state index contributed by atoms with van der Waals surface area (Å²) >= 11 is 0. The van der Waals surface area contributed by atoms with E-state index in [1.165, 1.54) is 11.1 Å². The number of nitrogens with zero attached hydrogens (tertiary/aromatic N) is 3. The summed E-state index contributed by atoms with van der Waals surface area (Å²) in [5.74, 6) is 1.23. The number of carbonyl (C=O) groups excluding carboxylic acids is 1. The zero-order valence-electron chi connectivity index (χ0n) is 16.1. The first-order valence-electron chi connectivity index (χ1n) is 9.39. The molecule has 2 aromatic carbocycles. The van der Waals surface area contributed by atoms with Gasteiger partial charge in [0.2, 0.25) is 5.91 Å². The third kappa shape index (κ3) is 3.35. The highest BCUT2D eigenvalue weighted by Gasteiger charge is 2.34. The number of aromatic nitrogens is 2. The normalized spacial score (nSPS) is 17.2. The van der Waals surface area contributed by atoms with Crippen LogP contribution in [0.4, 0.5) is 5.69 Å². The van der Waals surface area contributed by atoms with Gasteiger partial charge in [-0.2, -0.15) is 0 Å². The van der Waals surface area contributed by atoms with Crippen LogP contribution in [0.1, 0.15) is 29.3 Å². The molecule has 1 aromatic heterocycles. The van der Waals surface area contributed by atoms with Crippen molar-refractivity contribution >= 4 is 22.6 Å². The quantitative estimate of drug-likeness (QED) is 0.692. The van der Waals surface area contributed by atoms with Gasteiger partial charge in [0, 0.05) is 38.2 Å². The van der Waals surface area contributed by atoms with Gasteiger partial charge in [-0.3, -0.25) is 4.79 Å². The number of ether oxygens (including phenoxy) is 1. The number of hydrogen-bond acceptors (Lipinski definition) is 3. The molecule has 1 saturated heterocycles. The maximum absolute atomic E-state index is 12.8. The topological polar surface area (TPSA) is 47.4 Å². The molecule has 1 atom stereocenters. The van der Waals surface area contributed by atoms with Crippen molar-refractivity contribution < 1.29 is 9.53 Å². The number of hydrogen-bond donors (Lipinski definition) is 0. The van der Waals surface area contributed by atoms with Crippen LogP contribution < -0.4 is 4.90 Å². The van der Waals surface area contributed by atoms with Crippen LogP contribution in [0.5, 0.6) is 0 Å². The lowest BCUT2D eigenvalue weighted by atomic mass is 10.1. The number of anilines is 1. The Hall–Kier alpha value is -2.66. The number of benzene rings is 2. The Morgan fingerprint density at radius 3 is 2.63 bits per heavy atom. The Balaban J connectivity index is 1.69. The molecule has 1 unspecified atom stereocenters. The number of rotatable bonds is 5. The van der Waals surface area contributed by atoms with E-state index in [2.05, 4.69) is 42.7 Å². The molecule has 4 rings (SSSR count). The lowest BCUT2D eigenvalue weighted by Gasteiger charge is -2.18. The van der Waals surface area contributed by atoms with Crippen LogP contribution in [0.3, 0.4) is 0 Å². The molecule has 1 fully saturated rings. The van der Waals surface area contributed by atoms with Gasteiger partial charge >= 0.3 is 0 Å². The molecular weight excluding hydrogens is 338 g/mol. The average molecular weight is 363 g/mol. The van der Waals surface area contributed by atoms with Crippen LogP contribution in [0.15, 0.2) is 42.5 Å². The summed E-state index contributed by atoms with van der Waals surface area (Å²) in [5.41, 5.74) is 5.41. The number of para-hydroxylation sites is 2. The highest BCUT2D eigenvalue weighted by atomic mass is 16.5. The van der Waals surface area contributed by atoms with E-state index in [0.717, 1.165) is 29.1 Å². The number of aryl methyl sites for hydroxylation is 2. The predicted molar refractivity (Wildman–Crippen MR) is 107 cm³/mol. The van der Waals surface area contributed by atoms with Crippen molar-refractivity contribution in [3.63, 3.8) is 0 Å². The first-order valence-corrected chi connectivity index (χ1v) is 9.39. The summed E-state index contributed by atoms with van der Waals surface area (Å²) in [6.07, 6.45) is 0.489. The van der Waals surface area contributed by atoms with Crippen LogP contribution >= 0.6 is 0 Å². The molecule has 140 valence electrons. The molecule has 0 bridgehead atoms. The van der Waals surface area contributed by atoms with Crippen LogP contribution in [0.25, 0.3) is 11.0 Å². The van der Waals surface area contributed by atoms with E-state index in [1.54, 1.807) is 7.11 Å². The number of carbonyl (C=O) groups is 1. The molecule has 1 aliphatic heterocycles. The number of fused-ring (bicyclic) bond motifs is 1. The van der Waals surface area contributed by atoms with Crippen molar-refractivity contribution in [1.82, 2.24) is 9.55 Å². The molecule has 0 N–H and O–H groups in total. The zero-order valence-corrected chi connectivity index (χ0v) is 16.1. The molecule has 27 heavy (non-hydrogen) atoms. The van der Waals surface area contributed by atoms with Gasteiger partial charge in [-0.25, -0.2) is 4.98 Å². The lowest BCUT2D eigenvalue weighted by Crippen LogP contribution is -2.24. The minimum Gasteiger partial charge on any atom is -0.383 e. The van der Waals surface area contributed by atoms with Crippen molar-refractivity contribution in [2.75, 3.05) is 25.2 Å². The van der Waals surface area contributed by atoms with E-state index in [0.29, 0.717) is 19.6 Å². The summed E-state index contributed by atoms with van der Waals surface area (Å²) in [7, 11) is 1.71. The van der Waals surface area contributed by atoms with Gasteiger partial charge in [0.1, 0.15) is 5.82 Å². The molecule has 0 aliphatic carbocycles. The molecule has 0 spiro atoms. The maximum atomic E-state index is 12.8. The lowest BCUT2D eigenvalue weighted by molar-refractivity contribution is -0.117. The minimum absolute atomic E-state index is 0.0857. The molecule has 2 heterocycles. The van der Waals surface area contributed by atoms with Gasteiger partial charge in [0.15, 0.2) is 0 Å². The SMILES string of the molecule is COCCn1c(C2CC(=O)N(c3cc(C)cc(C)c3)C2)nc2ccccc21. The summed E-state index contributed by atoms with van der Waals surface area (Å²) in [5, 5.41) is 0. The van der Waals surface area contributed by atoms with E-state index in [9.17, 15) is 4.79 Å². The minimum atomic E-state index is 0.0857. The first kappa shape index (κ1) is 17.7. The number of amides is 1. The standard InChI is InChI=1S/C22H25N3O2/c1-15-10-16(2)12-18(11-15)25-14-17(13-21(25)26)22-23-19-6-4-5-7-20(19)24(22)8-9-27-3/h4-7,10-12,17H,8-9,13-14H2,1-3H3. The van der Waals surface area contributed by atoms with Crippen LogP contribution in [0, 0.1) is 13.8 Å². The molecular formula is C22H25N3O2. The number of imidazole rings is 1. The van der Waals surface area contributed by atoms with E-state index < -0.39 is 0 Å². The Labute approximate surface area is 159 Å². The largest absolute Gasteiger partial charge is 0.383 e. The third-order valence-corrected chi connectivity index (χ3v) is 5.21. The van der Waals surface area contributed by atoms with Gasteiger partial charge in [-0.05, 0) is 49.2 Å². The Bertz CT molecular complexity index is 972. The monoisotopic (exact) mass is 363 g/mol. The molecule has 3 aromatic rings. The van der Waals surface area contributed by atoms with Crippen LogP contribution in [-0.4, -0.2) is 35.7 Å². The van der Waals surface area contributed by atoms with E-state index in [-0.39, 0.29) is 11.8 Å². The van der Waals surface area contributed by atoms with Crippen molar-refractivity contribution in [2.45, 2.75) is 32.7 Å². The van der Waals surface area contributed by atoms with Crippen molar-refractivity contribution in [3.8, 4) is 0 Å². The van der Waals surface area contributed by atoms with Gasteiger partial charge in [-0.15, -0.1) is 0 Å². The average Bonchev–Trinajstić information content (AvgIpc) is 3.19. The molecule has 0 radical (unpaired) electrons. The number of methoxy groups -OCH3 is 1. The van der Waals surface area contributed by atoms with E-state index >= 15 is 0 Å². The zero-order chi connectivity index (χ0) is 19.0. The third-order valence-electron chi connectivity index (χ3n) is 5.21. The second-order valence-electron chi connectivity index (χ2n) is 7.35. The summed E-state index contributed by atoms with van der Waals surface area (Å²) in [4.78, 5) is 19.6. The van der Waals surface area contributed by atoms with Gasteiger partial charge < -0.3 is 14.2 Å². The maximum Gasteiger partial charge on any atom is 0.227 e. The first-order chi connectivity index (χ1) is 13.1. The molecule has 1 amide bonds. The fourth-order valence-corrected chi connectivity index (χ4v) is 4.06. The van der Waals surface area contributed by atoms with Gasteiger partial charge in [0.05, 0.1) is 17.6 Å². The fourth-order valence-electron chi connectivity index (χ4n) is 4.06. The molecule has 1 aliphatic rings. The second-order valence-corrected chi connectivity index (χ2v) is 7.35. The van der Waals surface area contributed by atoms with Crippen molar-refractivity contribution in [2.24, 2.45) is 0 Å². The molecule has 0 saturated carbocycles. The summed E-state index contributed by atoms with van der Waals surface area (Å²) in [6.45, 7) is 6.16. The molecule has 5 nitrogen and oxygen atoms in total. The smallest absolute Gasteiger partial charge is 0.227 e. The fraction of sp³-hybridized carbons (Fsp3) is 0.364. The van der Waals surface area contributed by atoms with E-state index in [1.807, 2.05) is 23.1 Å². The van der Waals surface area contributed by atoms with E-state index in [4.69, 9.17) is 9.72 Å². The Kier molecular flexibility index (Phi) is 4.70. The van der Waals surface area contributed by atoms with Crippen LogP contribution in [-0.2, 0) is 16.1 Å². The highest BCUT2D eigenvalue weighted by molar-refractivity contribution is 5.96. The van der Waals surface area contributed by atoms with Crippen LogP contribution in [0.2, 0.25) is 0 Å². The van der Waals surface area contributed by atoms with Crippen molar-refractivity contribution in [3.05, 3.63) is 59.4 Å². The van der Waals surface area contributed by atoms with Crippen molar-refractivity contribution in [1.29, 1.82) is 0 Å². The Morgan fingerprint density at radius 1 is 1.15 bits per heavy atom. The predicted octanol–water partition coefficient (Wildman–Crippen LogP) is 3.82. The molecule has 5 heteroatoms. The Morgan fingerprint density at radius 2 is 1.89 bits per heavy atom. The second kappa shape index (κ2) is 7.16.